The van der Waals surface area contributed by atoms with Crippen LogP contribution >= 0.6 is 0 Å². The SMILES string of the molecule is C[C@]12C(=O)C=C(O)C=C1CC(O)[C@@H]1[C@@H]2CC[C@]2(C)[C@@H](C(=O)COC(=O)CO)CC[C@@H]12. The predicted molar refractivity (Wildman–Crippen MR) is 106 cm³/mol. The zero-order chi connectivity index (χ0) is 21.8. The fourth-order valence-corrected chi connectivity index (χ4v) is 7.10. The topological polar surface area (TPSA) is 121 Å². The average Bonchev–Trinajstić information content (AvgIpc) is 3.05. The highest BCUT2D eigenvalue weighted by molar-refractivity contribution is 5.99. The molecule has 3 fully saturated rings. The molecule has 4 aliphatic carbocycles. The van der Waals surface area contributed by atoms with Gasteiger partial charge in [0, 0.05) is 12.0 Å². The van der Waals surface area contributed by atoms with E-state index in [9.17, 15) is 24.6 Å². The number of hydrogen-bond acceptors (Lipinski definition) is 7. The van der Waals surface area contributed by atoms with E-state index in [4.69, 9.17) is 9.84 Å². The average molecular weight is 418 g/mol. The Labute approximate surface area is 175 Å². The number of Topliss-reactive ketones (excluding diaryl/α,β-unsaturated/α-hetero) is 1. The summed E-state index contributed by atoms with van der Waals surface area (Å²) in [6, 6.07) is 0. The summed E-state index contributed by atoms with van der Waals surface area (Å²) in [6.45, 7) is 2.94. The molecule has 0 bridgehead atoms. The highest BCUT2D eigenvalue weighted by Gasteiger charge is 2.63. The standard InChI is InChI=1S/C23H30O7/c1-22-6-5-16-21(15(22)4-3-14(22)18(27)11-30-20(29)10-24)17(26)8-12-7-13(25)9-19(28)23(12,16)2/h7,9,14-17,21,24-26H,3-6,8,10-11H2,1-2H3/t14-,15+,16+,17?,21+,22-,23+/m1/s1. The zero-order valence-corrected chi connectivity index (χ0v) is 17.5. The van der Waals surface area contributed by atoms with Crippen molar-refractivity contribution in [3.63, 3.8) is 0 Å². The number of allylic oxidation sites excluding steroid dienone is 2. The molecule has 7 heteroatoms. The van der Waals surface area contributed by atoms with Gasteiger partial charge in [0.2, 0.25) is 0 Å². The lowest BCUT2D eigenvalue weighted by Gasteiger charge is -2.58. The number of carbonyl (C=O) groups excluding carboxylic acids is 3. The van der Waals surface area contributed by atoms with E-state index in [1.54, 1.807) is 6.08 Å². The van der Waals surface area contributed by atoms with Gasteiger partial charge in [0.25, 0.3) is 0 Å². The number of fused-ring (bicyclic) bond motifs is 5. The smallest absolute Gasteiger partial charge is 0.332 e. The Kier molecular flexibility index (Phi) is 5.18. The summed E-state index contributed by atoms with van der Waals surface area (Å²) in [6.07, 6.45) is 5.56. The van der Waals surface area contributed by atoms with Crippen LogP contribution < -0.4 is 0 Å². The van der Waals surface area contributed by atoms with Crippen molar-refractivity contribution in [3.8, 4) is 0 Å². The summed E-state index contributed by atoms with van der Waals surface area (Å²) >= 11 is 0. The minimum Gasteiger partial charge on any atom is -0.508 e. The van der Waals surface area contributed by atoms with Crippen LogP contribution in [0.5, 0.6) is 0 Å². The summed E-state index contributed by atoms with van der Waals surface area (Å²) in [5.74, 6) is -1.41. The summed E-state index contributed by atoms with van der Waals surface area (Å²) in [7, 11) is 0. The van der Waals surface area contributed by atoms with Crippen LogP contribution in [0.15, 0.2) is 23.5 Å². The van der Waals surface area contributed by atoms with Gasteiger partial charge in [0.05, 0.1) is 11.5 Å². The van der Waals surface area contributed by atoms with Crippen LogP contribution in [0.25, 0.3) is 0 Å². The molecule has 0 aromatic heterocycles. The number of esters is 1. The summed E-state index contributed by atoms with van der Waals surface area (Å²) < 4.78 is 4.86. The minimum atomic E-state index is -0.811. The number of rotatable bonds is 4. The monoisotopic (exact) mass is 418 g/mol. The van der Waals surface area contributed by atoms with E-state index < -0.39 is 24.1 Å². The number of aliphatic hydroxyl groups excluding tert-OH is 3. The highest BCUT2D eigenvalue weighted by atomic mass is 16.5. The van der Waals surface area contributed by atoms with Crippen molar-refractivity contribution in [2.24, 2.45) is 34.5 Å². The number of hydrogen-bond donors (Lipinski definition) is 3. The van der Waals surface area contributed by atoms with Crippen molar-refractivity contribution >= 4 is 17.5 Å². The normalized spacial score (nSPS) is 42.4. The first-order valence-electron chi connectivity index (χ1n) is 10.8. The van der Waals surface area contributed by atoms with Gasteiger partial charge in [-0.05, 0) is 68.3 Å². The van der Waals surface area contributed by atoms with Gasteiger partial charge in [-0.25, -0.2) is 4.79 Å². The van der Waals surface area contributed by atoms with Gasteiger partial charge in [-0.3, -0.25) is 9.59 Å². The van der Waals surface area contributed by atoms with Crippen molar-refractivity contribution in [1.82, 2.24) is 0 Å². The molecule has 3 saturated carbocycles. The Morgan fingerprint density at radius 1 is 1.17 bits per heavy atom. The quantitative estimate of drug-likeness (QED) is 0.596. The molecule has 3 N–H and O–H groups in total. The second-order valence-corrected chi connectivity index (χ2v) is 9.83. The summed E-state index contributed by atoms with van der Waals surface area (Å²) in [5, 5.41) is 29.8. The molecule has 30 heavy (non-hydrogen) atoms. The number of aliphatic hydroxyl groups is 3. The molecule has 0 aromatic carbocycles. The fraction of sp³-hybridized carbons (Fsp3) is 0.696. The fourth-order valence-electron chi connectivity index (χ4n) is 7.10. The molecular weight excluding hydrogens is 388 g/mol. The first-order valence-corrected chi connectivity index (χ1v) is 10.8. The molecule has 0 amide bonds. The second-order valence-electron chi connectivity index (χ2n) is 9.83. The molecule has 0 spiro atoms. The van der Waals surface area contributed by atoms with E-state index >= 15 is 0 Å². The van der Waals surface area contributed by atoms with E-state index in [0.717, 1.165) is 18.4 Å². The third-order valence-corrected chi connectivity index (χ3v) is 8.62. The molecule has 0 saturated heterocycles. The van der Waals surface area contributed by atoms with E-state index in [0.29, 0.717) is 19.3 Å². The number of carbonyl (C=O) groups is 3. The molecular formula is C23H30O7. The number of ketones is 2. The maximum absolute atomic E-state index is 13.0. The Bertz CT molecular complexity index is 842. The van der Waals surface area contributed by atoms with Crippen LogP contribution in [-0.4, -0.2) is 52.2 Å². The molecule has 4 rings (SSSR count). The summed E-state index contributed by atoms with van der Waals surface area (Å²) in [5.41, 5.74) is -0.250. The summed E-state index contributed by atoms with van der Waals surface area (Å²) in [4.78, 5) is 37.0. The van der Waals surface area contributed by atoms with Crippen LogP contribution in [0, 0.1) is 34.5 Å². The maximum Gasteiger partial charge on any atom is 0.332 e. The third-order valence-electron chi connectivity index (χ3n) is 8.62. The first kappa shape index (κ1) is 21.2. The molecule has 164 valence electrons. The Hall–Kier alpha value is -1.99. The van der Waals surface area contributed by atoms with Crippen molar-refractivity contribution in [2.75, 3.05) is 13.2 Å². The van der Waals surface area contributed by atoms with E-state index in [1.165, 1.54) is 6.08 Å². The Morgan fingerprint density at radius 2 is 1.90 bits per heavy atom. The molecule has 0 heterocycles. The highest BCUT2D eigenvalue weighted by Crippen LogP contribution is 2.66. The van der Waals surface area contributed by atoms with Crippen LogP contribution in [0.4, 0.5) is 0 Å². The van der Waals surface area contributed by atoms with Gasteiger partial charge in [0.15, 0.2) is 11.6 Å². The molecule has 0 aromatic rings. The van der Waals surface area contributed by atoms with Crippen LogP contribution in [0.1, 0.15) is 46.0 Å². The molecule has 1 unspecified atom stereocenters. The molecule has 0 radical (unpaired) electrons. The molecule has 4 aliphatic rings. The van der Waals surface area contributed by atoms with E-state index in [2.05, 4.69) is 6.92 Å². The largest absolute Gasteiger partial charge is 0.508 e. The minimum absolute atomic E-state index is 0.0384. The molecule has 7 atom stereocenters. The van der Waals surface area contributed by atoms with Crippen molar-refractivity contribution < 1.29 is 34.4 Å². The van der Waals surface area contributed by atoms with Crippen molar-refractivity contribution in [1.29, 1.82) is 0 Å². The maximum atomic E-state index is 13.0. The zero-order valence-electron chi connectivity index (χ0n) is 17.5. The van der Waals surface area contributed by atoms with Crippen LogP contribution in [0.2, 0.25) is 0 Å². The molecule has 0 aliphatic heterocycles. The second kappa shape index (κ2) is 7.31. The third kappa shape index (κ3) is 2.97. The van der Waals surface area contributed by atoms with Gasteiger partial charge in [0.1, 0.15) is 19.0 Å². The lowest BCUT2D eigenvalue weighted by Crippen LogP contribution is -2.57. The van der Waals surface area contributed by atoms with E-state index in [-0.39, 0.29) is 53.0 Å². The van der Waals surface area contributed by atoms with Gasteiger partial charge in [-0.1, -0.05) is 12.5 Å². The Morgan fingerprint density at radius 3 is 2.60 bits per heavy atom. The van der Waals surface area contributed by atoms with Gasteiger partial charge in [-0.15, -0.1) is 0 Å². The van der Waals surface area contributed by atoms with E-state index in [1.807, 2.05) is 6.92 Å². The lowest BCUT2D eigenvalue weighted by molar-refractivity contribution is -0.155. The van der Waals surface area contributed by atoms with Crippen molar-refractivity contribution in [2.45, 2.75) is 52.1 Å². The predicted octanol–water partition coefficient (Wildman–Crippen LogP) is 1.87. The van der Waals surface area contributed by atoms with Gasteiger partial charge >= 0.3 is 5.97 Å². The van der Waals surface area contributed by atoms with Gasteiger partial charge < -0.3 is 20.1 Å². The molecule has 7 nitrogen and oxygen atoms in total. The van der Waals surface area contributed by atoms with Crippen molar-refractivity contribution in [3.05, 3.63) is 23.5 Å². The number of ether oxygens (including phenoxy) is 1. The van der Waals surface area contributed by atoms with Crippen LogP contribution in [-0.2, 0) is 19.1 Å². The lowest BCUT2D eigenvalue weighted by atomic mass is 9.46. The van der Waals surface area contributed by atoms with Crippen LogP contribution in [0.3, 0.4) is 0 Å². The first-order chi connectivity index (χ1) is 14.1. The Balaban J connectivity index is 1.60. The van der Waals surface area contributed by atoms with Gasteiger partial charge in [-0.2, -0.15) is 0 Å².